The number of hydrogen-bond donors (Lipinski definition) is 2. The second kappa shape index (κ2) is 6.05. The fraction of sp³-hybridized carbons (Fsp3) is 0.500. The van der Waals surface area contributed by atoms with Gasteiger partial charge in [-0.2, -0.15) is 0 Å². The summed E-state index contributed by atoms with van der Waals surface area (Å²) >= 11 is 0. The largest absolute Gasteiger partial charge is 0.381 e. The van der Waals surface area contributed by atoms with Gasteiger partial charge in [-0.05, 0) is 55.7 Å². The van der Waals surface area contributed by atoms with Crippen molar-refractivity contribution in [2.75, 3.05) is 18.5 Å². The minimum absolute atomic E-state index is 0.113. The van der Waals surface area contributed by atoms with Crippen LogP contribution in [0.25, 0.3) is 0 Å². The zero-order valence-corrected chi connectivity index (χ0v) is 15.0. The van der Waals surface area contributed by atoms with Crippen molar-refractivity contribution in [1.82, 2.24) is 9.55 Å². The van der Waals surface area contributed by atoms with E-state index in [-0.39, 0.29) is 23.1 Å². The first-order chi connectivity index (χ1) is 13.1. The van der Waals surface area contributed by atoms with E-state index in [1.165, 1.54) is 10.6 Å². The van der Waals surface area contributed by atoms with Crippen LogP contribution in [0.4, 0.5) is 10.2 Å². The number of fused-ring (bicyclic) bond motifs is 3. The summed E-state index contributed by atoms with van der Waals surface area (Å²) in [5, 5.41) is 3.41. The Balaban J connectivity index is 1.56. The van der Waals surface area contributed by atoms with Gasteiger partial charge in [-0.1, -0.05) is 12.1 Å². The molecule has 0 amide bonds. The van der Waals surface area contributed by atoms with E-state index in [1.54, 1.807) is 6.07 Å². The lowest BCUT2D eigenvalue weighted by molar-refractivity contribution is 0.0673. The summed E-state index contributed by atoms with van der Waals surface area (Å²) in [6, 6.07) is 5.05. The average Bonchev–Trinajstić information content (AvgIpc) is 3.02. The van der Waals surface area contributed by atoms with Crippen molar-refractivity contribution in [3.8, 4) is 0 Å². The molecule has 2 aromatic rings. The van der Waals surface area contributed by atoms with Gasteiger partial charge in [-0.15, -0.1) is 0 Å². The van der Waals surface area contributed by atoms with Crippen LogP contribution in [0.1, 0.15) is 48.4 Å². The number of benzene rings is 1. The molecule has 2 N–H and O–H groups in total. The SMILES string of the molecule is O=c1[nH]c2c(c(=O)n1C1CCOCC1)CC[C@]1(CCc3c(F)cccc31)N2. The highest BCUT2D eigenvalue weighted by Gasteiger charge is 2.43. The fourth-order valence-corrected chi connectivity index (χ4v) is 4.96. The molecule has 142 valence electrons. The molecule has 6 nitrogen and oxygen atoms in total. The Labute approximate surface area is 155 Å². The number of ether oxygens (including phenoxy) is 1. The van der Waals surface area contributed by atoms with Gasteiger partial charge in [0, 0.05) is 19.3 Å². The summed E-state index contributed by atoms with van der Waals surface area (Å²) in [6.45, 7) is 1.13. The van der Waals surface area contributed by atoms with Crippen LogP contribution in [-0.2, 0) is 23.1 Å². The Hall–Kier alpha value is -2.41. The summed E-state index contributed by atoms with van der Waals surface area (Å²) in [4.78, 5) is 28.6. The number of rotatable bonds is 1. The molecule has 0 radical (unpaired) electrons. The van der Waals surface area contributed by atoms with E-state index in [0.717, 1.165) is 17.5 Å². The zero-order valence-electron chi connectivity index (χ0n) is 15.0. The predicted octanol–water partition coefficient (Wildman–Crippen LogP) is 2.23. The Bertz CT molecular complexity index is 1020. The van der Waals surface area contributed by atoms with E-state index in [0.29, 0.717) is 56.7 Å². The van der Waals surface area contributed by atoms with Crippen molar-refractivity contribution in [1.29, 1.82) is 0 Å². The highest BCUT2D eigenvalue weighted by atomic mass is 19.1. The van der Waals surface area contributed by atoms with Gasteiger partial charge < -0.3 is 10.1 Å². The van der Waals surface area contributed by atoms with Crippen molar-refractivity contribution in [2.24, 2.45) is 0 Å². The summed E-state index contributed by atoms with van der Waals surface area (Å²) in [7, 11) is 0. The molecule has 1 aliphatic carbocycles. The summed E-state index contributed by atoms with van der Waals surface area (Å²) < 4.78 is 20.9. The lowest BCUT2D eigenvalue weighted by atomic mass is 9.83. The monoisotopic (exact) mass is 371 g/mol. The number of aromatic nitrogens is 2. The third-order valence-electron chi connectivity index (χ3n) is 6.39. The molecule has 1 spiro atoms. The van der Waals surface area contributed by atoms with Gasteiger partial charge in [-0.25, -0.2) is 9.18 Å². The van der Waals surface area contributed by atoms with Gasteiger partial charge in [0.05, 0.1) is 11.1 Å². The quantitative estimate of drug-likeness (QED) is 0.806. The molecule has 1 fully saturated rings. The second-order valence-electron chi connectivity index (χ2n) is 7.78. The predicted molar refractivity (Wildman–Crippen MR) is 98.8 cm³/mol. The molecular formula is C20H22FN3O3. The third-order valence-corrected chi connectivity index (χ3v) is 6.39. The molecule has 1 aromatic carbocycles. The minimum Gasteiger partial charge on any atom is -0.381 e. The summed E-state index contributed by atoms with van der Waals surface area (Å²) in [5.74, 6) is 0.317. The van der Waals surface area contributed by atoms with E-state index in [1.807, 2.05) is 6.07 Å². The molecule has 1 atom stereocenters. The Morgan fingerprint density at radius 1 is 1.11 bits per heavy atom. The number of hydrogen-bond acceptors (Lipinski definition) is 4. The first kappa shape index (κ1) is 16.7. The van der Waals surface area contributed by atoms with Crippen LogP contribution < -0.4 is 16.6 Å². The number of nitrogens with one attached hydrogen (secondary N) is 2. The Morgan fingerprint density at radius 3 is 2.63 bits per heavy atom. The standard InChI is InChI=1S/C20H22FN3O3/c21-16-3-1-2-15-13(16)4-8-20(15)9-5-14-17(23-20)22-19(26)24(18(14)25)12-6-10-27-11-7-12/h1-3,12,23H,4-11H2,(H,22,26)/t20-/m0/s1. The van der Waals surface area contributed by atoms with Gasteiger partial charge in [0.1, 0.15) is 11.6 Å². The van der Waals surface area contributed by atoms with E-state index >= 15 is 0 Å². The van der Waals surface area contributed by atoms with Gasteiger partial charge in [0.15, 0.2) is 0 Å². The number of anilines is 1. The van der Waals surface area contributed by atoms with Crippen LogP contribution >= 0.6 is 0 Å². The molecule has 27 heavy (non-hydrogen) atoms. The average molecular weight is 371 g/mol. The minimum atomic E-state index is -0.412. The van der Waals surface area contributed by atoms with E-state index in [9.17, 15) is 14.0 Å². The Kier molecular flexibility index (Phi) is 3.75. The summed E-state index contributed by atoms with van der Waals surface area (Å²) in [5.41, 5.74) is 1.31. The molecule has 2 aliphatic heterocycles. The number of aromatic amines is 1. The summed E-state index contributed by atoms with van der Waals surface area (Å²) in [6.07, 6.45) is 4.04. The first-order valence-corrected chi connectivity index (χ1v) is 9.60. The molecule has 0 bridgehead atoms. The van der Waals surface area contributed by atoms with Gasteiger partial charge in [-0.3, -0.25) is 14.3 Å². The van der Waals surface area contributed by atoms with Gasteiger partial charge in [0.2, 0.25) is 0 Å². The lowest BCUT2D eigenvalue weighted by Gasteiger charge is -2.37. The number of H-pyrrole nitrogens is 1. The Morgan fingerprint density at radius 2 is 1.85 bits per heavy atom. The molecule has 1 aromatic heterocycles. The second-order valence-corrected chi connectivity index (χ2v) is 7.78. The maximum absolute atomic E-state index is 14.2. The highest BCUT2D eigenvalue weighted by Crippen LogP contribution is 2.45. The molecular weight excluding hydrogens is 349 g/mol. The van der Waals surface area contributed by atoms with Crippen LogP contribution in [0, 0.1) is 5.82 Å². The molecule has 1 saturated heterocycles. The van der Waals surface area contributed by atoms with E-state index < -0.39 is 5.54 Å². The van der Waals surface area contributed by atoms with Crippen molar-refractivity contribution < 1.29 is 9.13 Å². The topological polar surface area (TPSA) is 76.1 Å². The number of halogens is 1. The molecule has 7 heteroatoms. The molecule has 3 aliphatic rings. The first-order valence-electron chi connectivity index (χ1n) is 9.60. The zero-order chi connectivity index (χ0) is 18.6. The van der Waals surface area contributed by atoms with Crippen LogP contribution in [-0.4, -0.2) is 22.8 Å². The van der Waals surface area contributed by atoms with Gasteiger partial charge >= 0.3 is 5.69 Å². The maximum atomic E-state index is 14.2. The van der Waals surface area contributed by atoms with Crippen molar-refractivity contribution >= 4 is 5.82 Å². The fourth-order valence-electron chi connectivity index (χ4n) is 4.96. The lowest BCUT2D eigenvalue weighted by Crippen LogP contribution is -2.46. The van der Waals surface area contributed by atoms with E-state index in [2.05, 4.69) is 10.3 Å². The number of nitrogens with zero attached hydrogens (tertiary/aromatic N) is 1. The maximum Gasteiger partial charge on any atom is 0.330 e. The van der Waals surface area contributed by atoms with Crippen LogP contribution in [0.15, 0.2) is 27.8 Å². The van der Waals surface area contributed by atoms with Crippen molar-refractivity contribution in [3.63, 3.8) is 0 Å². The normalized spacial score (nSPS) is 24.5. The highest BCUT2D eigenvalue weighted by molar-refractivity contribution is 5.54. The molecule has 0 unspecified atom stereocenters. The molecule has 0 saturated carbocycles. The van der Waals surface area contributed by atoms with Crippen LogP contribution in [0.3, 0.4) is 0 Å². The van der Waals surface area contributed by atoms with Crippen molar-refractivity contribution in [3.05, 3.63) is 61.5 Å². The molecule has 5 rings (SSSR count). The van der Waals surface area contributed by atoms with Crippen LogP contribution in [0.5, 0.6) is 0 Å². The molecule has 3 heterocycles. The van der Waals surface area contributed by atoms with Gasteiger partial charge in [0.25, 0.3) is 5.56 Å². The van der Waals surface area contributed by atoms with Crippen LogP contribution in [0.2, 0.25) is 0 Å². The smallest absolute Gasteiger partial charge is 0.330 e. The van der Waals surface area contributed by atoms with Crippen molar-refractivity contribution in [2.45, 2.75) is 50.1 Å². The third kappa shape index (κ3) is 2.48. The van der Waals surface area contributed by atoms with E-state index in [4.69, 9.17) is 4.74 Å².